The van der Waals surface area contributed by atoms with E-state index in [1.807, 2.05) is 0 Å². The van der Waals surface area contributed by atoms with Gasteiger partial charge in [-0.3, -0.25) is 9.59 Å². The van der Waals surface area contributed by atoms with Gasteiger partial charge in [-0.25, -0.2) is 0 Å². The Kier molecular flexibility index (Phi) is 4.47. The summed E-state index contributed by atoms with van der Waals surface area (Å²) < 4.78 is -1.00. The van der Waals surface area contributed by atoms with Crippen LogP contribution < -0.4 is 0 Å². The van der Waals surface area contributed by atoms with Gasteiger partial charge in [0.25, 0.3) is 0 Å². The van der Waals surface area contributed by atoms with Gasteiger partial charge in [0.15, 0.2) is 10.1 Å². The Labute approximate surface area is 104 Å². The maximum atomic E-state index is 12.2. The molecular formula is C12H16BrNO2. The Morgan fingerprint density at radius 2 is 2.00 bits per heavy atom. The number of carbonyl (C=O) groups excluding carboxylic acids is 2. The van der Waals surface area contributed by atoms with E-state index in [9.17, 15) is 9.59 Å². The molecule has 1 amide bonds. The van der Waals surface area contributed by atoms with Gasteiger partial charge < -0.3 is 4.90 Å². The van der Waals surface area contributed by atoms with Crippen molar-refractivity contribution in [2.45, 2.75) is 23.6 Å². The molecule has 0 aromatic carbocycles. The predicted octanol–water partition coefficient (Wildman–Crippen LogP) is 2.07. The zero-order valence-electron chi connectivity index (χ0n) is 9.25. The van der Waals surface area contributed by atoms with Crippen molar-refractivity contribution >= 4 is 27.6 Å². The molecule has 0 aromatic rings. The molecule has 4 heteroatoms. The summed E-state index contributed by atoms with van der Waals surface area (Å²) in [7, 11) is 0. The minimum Gasteiger partial charge on any atom is -0.334 e. The lowest BCUT2D eigenvalue weighted by Gasteiger charge is -2.27. The number of nitrogens with zero attached hydrogens (tertiary/aromatic N) is 1. The summed E-state index contributed by atoms with van der Waals surface area (Å²) in [6, 6.07) is 0. The number of alkyl halides is 1. The van der Waals surface area contributed by atoms with E-state index in [0.717, 1.165) is 6.42 Å². The highest BCUT2D eigenvalue weighted by Gasteiger charge is 2.47. The van der Waals surface area contributed by atoms with Gasteiger partial charge in [-0.2, -0.15) is 0 Å². The number of carbonyl (C=O) groups is 2. The van der Waals surface area contributed by atoms with Crippen molar-refractivity contribution in [1.29, 1.82) is 0 Å². The van der Waals surface area contributed by atoms with E-state index in [1.165, 1.54) is 0 Å². The zero-order chi connectivity index (χ0) is 12.2. The average Bonchev–Trinajstić information content (AvgIpc) is 2.59. The van der Waals surface area contributed by atoms with Crippen molar-refractivity contribution in [1.82, 2.24) is 4.90 Å². The highest BCUT2D eigenvalue weighted by molar-refractivity contribution is 9.10. The van der Waals surface area contributed by atoms with Crippen LogP contribution in [0, 0.1) is 0 Å². The second-order valence-electron chi connectivity index (χ2n) is 3.87. The van der Waals surface area contributed by atoms with Crippen molar-refractivity contribution in [3.63, 3.8) is 0 Å². The highest BCUT2D eigenvalue weighted by atomic mass is 79.9. The molecular weight excluding hydrogens is 270 g/mol. The van der Waals surface area contributed by atoms with Crippen LogP contribution in [0.3, 0.4) is 0 Å². The lowest BCUT2D eigenvalue weighted by atomic mass is 10.1. The van der Waals surface area contributed by atoms with Crippen molar-refractivity contribution in [2.24, 2.45) is 0 Å². The van der Waals surface area contributed by atoms with E-state index in [1.54, 1.807) is 17.1 Å². The Morgan fingerprint density at radius 3 is 2.38 bits per heavy atom. The van der Waals surface area contributed by atoms with Crippen LogP contribution in [0.25, 0.3) is 0 Å². The van der Waals surface area contributed by atoms with Gasteiger partial charge in [0, 0.05) is 19.5 Å². The fourth-order valence-electron chi connectivity index (χ4n) is 1.86. The Bertz CT molecular complexity index is 317. The quantitative estimate of drug-likeness (QED) is 0.441. The summed E-state index contributed by atoms with van der Waals surface area (Å²) in [6.07, 6.45) is 5.13. The smallest absolute Gasteiger partial charge is 0.247 e. The van der Waals surface area contributed by atoms with E-state index < -0.39 is 4.32 Å². The monoisotopic (exact) mass is 285 g/mol. The summed E-state index contributed by atoms with van der Waals surface area (Å²) in [5.74, 6) is -0.189. The average molecular weight is 286 g/mol. The van der Waals surface area contributed by atoms with Crippen LogP contribution in [0.5, 0.6) is 0 Å². The van der Waals surface area contributed by atoms with E-state index in [0.29, 0.717) is 25.9 Å². The summed E-state index contributed by atoms with van der Waals surface area (Å²) in [4.78, 5) is 25.5. The van der Waals surface area contributed by atoms with Gasteiger partial charge in [-0.1, -0.05) is 28.1 Å². The van der Waals surface area contributed by atoms with Gasteiger partial charge in [0.1, 0.15) is 0 Å². The van der Waals surface area contributed by atoms with Gasteiger partial charge >= 0.3 is 0 Å². The summed E-state index contributed by atoms with van der Waals surface area (Å²) in [5, 5.41) is 0. The number of amides is 1. The second kappa shape index (κ2) is 5.43. The normalized spacial score (nSPS) is 24.2. The molecule has 88 valence electrons. The van der Waals surface area contributed by atoms with Crippen molar-refractivity contribution in [3.05, 3.63) is 25.3 Å². The number of hydrogen-bond donors (Lipinski definition) is 0. The van der Waals surface area contributed by atoms with Crippen LogP contribution in [0.2, 0.25) is 0 Å². The molecule has 1 aliphatic rings. The van der Waals surface area contributed by atoms with Crippen LogP contribution in [-0.2, 0) is 9.59 Å². The lowest BCUT2D eigenvalue weighted by molar-refractivity contribution is -0.136. The number of hydrogen-bond acceptors (Lipinski definition) is 2. The molecule has 16 heavy (non-hydrogen) atoms. The van der Waals surface area contributed by atoms with Crippen LogP contribution in [0.15, 0.2) is 25.3 Å². The maximum absolute atomic E-state index is 12.2. The molecule has 0 saturated heterocycles. The standard InChI is InChI=1S/C12H16BrNO2/c1-3-8-14(9-4-2)11(16)12(13)7-5-6-10(12)15/h3-4H,1-2,5-9H2. The van der Waals surface area contributed by atoms with Gasteiger partial charge in [-0.15, -0.1) is 13.2 Å². The summed E-state index contributed by atoms with van der Waals surface area (Å²) >= 11 is 3.31. The minimum atomic E-state index is -1.00. The second-order valence-corrected chi connectivity index (χ2v) is 5.22. The van der Waals surface area contributed by atoms with E-state index in [2.05, 4.69) is 29.1 Å². The highest BCUT2D eigenvalue weighted by Crippen LogP contribution is 2.36. The SMILES string of the molecule is C=CCN(CC=C)C(=O)C1(Br)CCCC1=O. The number of halogens is 1. The van der Waals surface area contributed by atoms with Crippen molar-refractivity contribution in [2.75, 3.05) is 13.1 Å². The molecule has 0 aromatic heterocycles. The first-order valence-electron chi connectivity index (χ1n) is 5.29. The molecule has 1 atom stereocenters. The largest absolute Gasteiger partial charge is 0.334 e. The third kappa shape index (κ3) is 2.43. The topological polar surface area (TPSA) is 37.4 Å². The molecule has 0 N–H and O–H groups in total. The first kappa shape index (κ1) is 13.2. The Balaban J connectivity index is 2.84. The van der Waals surface area contributed by atoms with Gasteiger partial charge in [-0.05, 0) is 12.8 Å². The molecule has 0 radical (unpaired) electrons. The molecule has 1 unspecified atom stereocenters. The third-order valence-corrected chi connectivity index (χ3v) is 3.87. The molecule has 0 spiro atoms. The Morgan fingerprint density at radius 1 is 1.44 bits per heavy atom. The maximum Gasteiger partial charge on any atom is 0.247 e. The first-order chi connectivity index (χ1) is 7.56. The van der Waals surface area contributed by atoms with E-state index in [4.69, 9.17) is 0 Å². The third-order valence-electron chi connectivity index (χ3n) is 2.69. The van der Waals surface area contributed by atoms with Gasteiger partial charge in [0.05, 0.1) is 0 Å². The van der Waals surface area contributed by atoms with Crippen LogP contribution in [-0.4, -0.2) is 34.0 Å². The fraction of sp³-hybridized carbons (Fsp3) is 0.500. The van der Waals surface area contributed by atoms with Crippen molar-refractivity contribution < 1.29 is 9.59 Å². The van der Waals surface area contributed by atoms with E-state index >= 15 is 0 Å². The number of Topliss-reactive ketones (excluding diaryl/α,β-unsaturated/α-hetero) is 1. The number of rotatable bonds is 5. The molecule has 0 heterocycles. The van der Waals surface area contributed by atoms with Crippen molar-refractivity contribution in [3.8, 4) is 0 Å². The molecule has 0 aliphatic heterocycles. The molecule has 1 saturated carbocycles. The van der Waals surface area contributed by atoms with E-state index in [-0.39, 0.29) is 11.7 Å². The fourth-order valence-corrected chi connectivity index (χ4v) is 2.59. The van der Waals surface area contributed by atoms with Crippen LogP contribution >= 0.6 is 15.9 Å². The summed E-state index contributed by atoms with van der Waals surface area (Å²) in [5.41, 5.74) is 0. The van der Waals surface area contributed by atoms with Gasteiger partial charge in [0.2, 0.25) is 5.91 Å². The molecule has 1 rings (SSSR count). The first-order valence-corrected chi connectivity index (χ1v) is 6.09. The molecule has 1 fully saturated rings. The minimum absolute atomic E-state index is 0.0179. The number of ketones is 1. The molecule has 1 aliphatic carbocycles. The molecule has 3 nitrogen and oxygen atoms in total. The van der Waals surface area contributed by atoms with Crippen LogP contribution in [0.4, 0.5) is 0 Å². The molecule has 0 bridgehead atoms. The Hall–Kier alpha value is -0.900. The predicted molar refractivity (Wildman–Crippen MR) is 67.5 cm³/mol. The summed E-state index contributed by atoms with van der Waals surface area (Å²) in [6.45, 7) is 8.08. The van der Waals surface area contributed by atoms with Crippen LogP contribution in [0.1, 0.15) is 19.3 Å². The zero-order valence-corrected chi connectivity index (χ0v) is 10.8. The lowest BCUT2D eigenvalue weighted by Crippen LogP contribution is -2.47.